The lowest BCUT2D eigenvalue weighted by Gasteiger charge is -2.13. The summed E-state index contributed by atoms with van der Waals surface area (Å²) in [5, 5.41) is 3.64. The molecule has 1 heteroatoms. The Bertz CT molecular complexity index is 611. The van der Waals surface area contributed by atoms with Gasteiger partial charge in [0, 0.05) is 12.6 Å². The molecule has 0 heterocycles. The molecule has 3 rings (SSSR count). The maximum Gasteiger partial charge on any atom is 0.0214 e. The number of aryl methyl sites for hydroxylation is 2. The van der Waals surface area contributed by atoms with Gasteiger partial charge in [0.05, 0.1) is 0 Å². The second-order valence-corrected chi connectivity index (χ2v) is 6.27. The molecular formula is C20H25N. The lowest BCUT2D eigenvalue weighted by Crippen LogP contribution is -2.15. The summed E-state index contributed by atoms with van der Waals surface area (Å²) in [5.41, 5.74) is 6.94. The Hall–Kier alpha value is -1.60. The maximum atomic E-state index is 3.64. The molecule has 0 aliphatic heterocycles. The normalized spacial score (nSPS) is 14.4. The van der Waals surface area contributed by atoms with E-state index in [4.69, 9.17) is 0 Å². The Morgan fingerprint density at radius 3 is 2.71 bits per heavy atom. The van der Waals surface area contributed by atoms with E-state index >= 15 is 0 Å². The van der Waals surface area contributed by atoms with Crippen LogP contribution >= 0.6 is 0 Å². The summed E-state index contributed by atoms with van der Waals surface area (Å²) in [4.78, 5) is 0. The van der Waals surface area contributed by atoms with Gasteiger partial charge in [-0.2, -0.15) is 0 Å². The van der Waals surface area contributed by atoms with E-state index in [2.05, 4.69) is 61.6 Å². The first kappa shape index (κ1) is 14.3. The molecule has 1 aliphatic rings. The molecule has 1 saturated carbocycles. The van der Waals surface area contributed by atoms with Crippen LogP contribution in [0.1, 0.15) is 42.9 Å². The summed E-state index contributed by atoms with van der Waals surface area (Å²) < 4.78 is 0. The van der Waals surface area contributed by atoms with Crippen LogP contribution in [0.4, 0.5) is 0 Å². The molecule has 0 radical (unpaired) electrons. The van der Waals surface area contributed by atoms with Crippen molar-refractivity contribution in [2.24, 2.45) is 0 Å². The molecule has 0 unspecified atom stereocenters. The number of benzene rings is 2. The Balaban J connectivity index is 1.90. The molecule has 0 aromatic heterocycles. The van der Waals surface area contributed by atoms with Gasteiger partial charge in [-0.15, -0.1) is 0 Å². The van der Waals surface area contributed by atoms with E-state index in [1.54, 1.807) is 0 Å². The monoisotopic (exact) mass is 279 g/mol. The van der Waals surface area contributed by atoms with Gasteiger partial charge in [-0.1, -0.05) is 61.4 Å². The van der Waals surface area contributed by atoms with Crippen LogP contribution in [0.25, 0.3) is 11.1 Å². The summed E-state index contributed by atoms with van der Waals surface area (Å²) >= 11 is 0. The fraction of sp³-hybridized carbons (Fsp3) is 0.400. The Labute approximate surface area is 128 Å². The summed E-state index contributed by atoms with van der Waals surface area (Å²) in [6, 6.07) is 16.6. The molecule has 0 spiro atoms. The van der Waals surface area contributed by atoms with Crippen molar-refractivity contribution in [3.8, 4) is 11.1 Å². The van der Waals surface area contributed by atoms with Crippen LogP contribution in [0.3, 0.4) is 0 Å². The zero-order valence-electron chi connectivity index (χ0n) is 13.2. The molecular weight excluding hydrogens is 254 g/mol. The molecule has 110 valence electrons. The highest BCUT2D eigenvalue weighted by molar-refractivity contribution is 5.68. The van der Waals surface area contributed by atoms with Crippen molar-refractivity contribution in [2.45, 2.75) is 52.1 Å². The molecule has 0 bridgehead atoms. The third-order valence-electron chi connectivity index (χ3n) is 4.20. The standard InChI is InChI=1S/C20H25N/c1-3-5-16-6-4-7-17(13-16)20-12-15(2)8-9-18(20)14-21-19-10-11-19/h4,6-9,12-13,19,21H,3,5,10-11,14H2,1-2H3. The summed E-state index contributed by atoms with van der Waals surface area (Å²) in [5.74, 6) is 0. The predicted molar refractivity (Wildman–Crippen MR) is 90.5 cm³/mol. The van der Waals surface area contributed by atoms with Gasteiger partial charge in [-0.3, -0.25) is 0 Å². The fourth-order valence-electron chi connectivity index (χ4n) is 2.84. The fourth-order valence-corrected chi connectivity index (χ4v) is 2.84. The van der Waals surface area contributed by atoms with E-state index in [1.165, 1.54) is 47.1 Å². The summed E-state index contributed by atoms with van der Waals surface area (Å²) in [6.45, 7) is 5.40. The van der Waals surface area contributed by atoms with Crippen molar-refractivity contribution in [1.29, 1.82) is 0 Å². The molecule has 2 aromatic rings. The van der Waals surface area contributed by atoms with E-state index in [1.807, 2.05) is 0 Å². The van der Waals surface area contributed by atoms with Gasteiger partial charge in [-0.25, -0.2) is 0 Å². The third kappa shape index (κ3) is 3.74. The molecule has 0 amide bonds. The molecule has 0 atom stereocenters. The largest absolute Gasteiger partial charge is 0.310 e. The van der Waals surface area contributed by atoms with E-state index in [9.17, 15) is 0 Å². The van der Waals surface area contributed by atoms with Gasteiger partial charge >= 0.3 is 0 Å². The lowest BCUT2D eigenvalue weighted by molar-refractivity contribution is 0.688. The molecule has 21 heavy (non-hydrogen) atoms. The molecule has 1 N–H and O–H groups in total. The van der Waals surface area contributed by atoms with Gasteiger partial charge in [0.25, 0.3) is 0 Å². The number of hydrogen-bond acceptors (Lipinski definition) is 1. The van der Waals surface area contributed by atoms with Crippen LogP contribution in [0, 0.1) is 6.92 Å². The van der Waals surface area contributed by atoms with Crippen molar-refractivity contribution in [3.05, 3.63) is 59.2 Å². The molecule has 1 fully saturated rings. The number of nitrogens with one attached hydrogen (secondary N) is 1. The predicted octanol–water partition coefficient (Wildman–Crippen LogP) is 4.87. The van der Waals surface area contributed by atoms with Crippen LogP contribution in [-0.4, -0.2) is 6.04 Å². The third-order valence-corrected chi connectivity index (χ3v) is 4.20. The van der Waals surface area contributed by atoms with Crippen LogP contribution < -0.4 is 5.32 Å². The highest BCUT2D eigenvalue weighted by Crippen LogP contribution is 2.27. The van der Waals surface area contributed by atoms with Gasteiger partial charge in [-0.05, 0) is 48.4 Å². The van der Waals surface area contributed by atoms with Crippen molar-refractivity contribution >= 4 is 0 Å². The zero-order chi connectivity index (χ0) is 14.7. The Morgan fingerprint density at radius 1 is 1.10 bits per heavy atom. The number of hydrogen-bond donors (Lipinski definition) is 1. The molecule has 2 aromatic carbocycles. The Morgan fingerprint density at radius 2 is 1.95 bits per heavy atom. The van der Waals surface area contributed by atoms with Crippen LogP contribution in [-0.2, 0) is 13.0 Å². The molecule has 1 aliphatic carbocycles. The first-order valence-corrected chi connectivity index (χ1v) is 8.18. The van der Waals surface area contributed by atoms with Crippen LogP contribution in [0.15, 0.2) is 42.5 Å². The first-order valence-electron chi connectivity index (χ1n) is 8.18. The van der Waals surface area contributed by atoms with Crippen molar-refractivity contribution in [2.75, 3.05) is 0 Å². The SMILES string of the molecule is CCCc1cccc(-c2cc(C)ccc2CNC2CC2)c1. The van der Waals surface area contributed by atoms with Gasteiger partial charge in [0.15, 0.2) is 0 Å². The van der Waals surface area contributed by atoms with Crippen molar-refractivity contribution < 1.29 is 0 Å². The average molecular weight is 279 g/mol. The van der Waals surface area contributed by atoms with Crippen molar-refractivity contribution in [1.82, 2.24) is 5.32 Å². The van der Waals surface area contributed by atoms with Crippen molar-refractivity contribution in [3.63, 3.8) is 0 Å². The summed E-state index contributed by atoms with van der Waals surface area (Å²) in [6.07, 6.45) is 5.04. The molecule has 1 nitrogen and oxygen atoms in total. The first-order chi connectivity index (χ1) is 10.3. The topological polar surface area (TPSA) is 12.0 Å². The second-order valence-electron chi connectivity index (χ2n) is 6.27. The smallest absolute Gasteiger partial charge is 0.0214 e. The Kier molecular flexibility index (Phi) is 4.40. The summed E-state index contributed by atoms with van der Waals surface area (Å²) in [7, 11) is 0. The minimum Gasteiger partial charge on any atom is -0.310 e. The minimum atomic E-state index is 0.755. The number of rotatable bonds is 6. The highest BCUT2D eigenvalue weighted by atomic mass is 14.9. The average Bonchev–Trinajstić information content (AvgIpc) is 3.31. The molecule has 0 saturated heterocycles. The quantitative estimate of drug-likeness (QED) is 0.795. The van der Waals surface area contributed by atoms with E-state index in [-0.39, 0.29) is 0 Å². The van der Waals surface area contributed by atoms with E-state index in [0.717, 1.165) is 19.0 Å². The van der Waals surface area contributed by atoms with E-state index < -0.39 is 0 Å². The second kappa shape index (κ2) is 6.44. The van der Waals surface area contributed by atoms with Gasteiger partial charge in [0.1, 0.15) is 0 Å². The maximum absolute atomic E-state index is 3.64. The lowest BCUT2D eigenvalue weighted by atomic mass is 9.95. The van der Waals surface area contributed by atoms with Gasteiger partial charge < -0.3 is 5.32 Å². The van der Waals surface area contributed by atoms with E-state index in [0.29, 0.717) is 0 Å². The zero-order valence-corrected chi connectivity index (χ0v) is 13.2. The van der Waals surface area contributed by atoms with Gasteiger partial charge in [0.2, 0.25) is 0 Å². The van der Waals surface area contributed by atoms with Crippen LogP contribution in [0.2, 0.25) is 0 Å². The van der Waals surface area contributed by atoms with Crippen LogP contribution in [0.5, 0.6) is 0 Å². The highest BCUT2D eigenvalue weighted by Gasteiger charge is 2.20. The minimum absolute atomic E-state index is 0.755.